The van der Waals surface area contributed by atoms with E-state index in [1.165, 1.54) is 77.9 Å². The summed E-state index contributed by atoms with van der Waals surface area (Å²) in [4.78, 5) is 0. The Morgan fingerprint density at radius 3 is 1.38 bits per heavy atom. The van der Waals surface area contributed by atoms with Gasteiger partial charge in [0.1, 0.15) is 0 Å². The molecule has 244 valence electrons. The van der Waals surface area contributed by atoms with Crippen LogP contribution in [0.3, 0.4) is 0 Å². The van der Waals surface area contributed by atoms with Crippen LogP contribution in [0.15, 0.2) is 97.1 Å². The van der Waals surface area contributed by atoms with E-state index >= 15 is 0 Å². The molecule has 0 heteroatoms. The lowest BCUT2D eigenvalue weighted by molar-refractivity contribution is 0.568. The maximum Gasteiger partial charge on any atom is -0.00163 e. The molecular formula is C47H56. The van der Waals surface area contributed by atoms with Gasteiger partial charge < -0.3 is 0 Å². The van der Waals surface area contributed by atoms with Crippen LogP contribution in [0.4, 0.5) is 0 Å². The molecule has 0 saturated heterocycles. The molecule has 0 aliphatic heterocycles. The fourth-order valence-corrected chi connectivity index (χ4v) is 7.38. The molecule has 0 saturated carbocycles. The Labute approximate surface area is 286 Å². The minimum Gasteiger partial charge on any atom is -0.0622 e. The van der Waals surface area contributed by atoms with Crippen LogP contribution in [-0.4, -0.2) is 0 Å². The highest BCUT2D eigenvalue weighted by Gasteiger charge is 2.32. The second-order valence-corrected chi connectivity index (χ2v) is 16.8. The summed E-state index contributed by atoms with van der Waals surface area (Å²) in [5.41, 5.74) is 19.1. The largest absolute Gasteiger partial charge is 0.0622 e. The highest BCUT2D eigenvalue weighted by atomic mass is 14.4. The van der Waals surface area contributed by atoms with Crippen LogP contribution in [0.25, 0.3) is 33.4 Å². The van der Waals surface area contributed by atoms with Gasteiger partial charge in [-0.05, 0) is 110 Å². The lowest BCUT2D eigenvalue weighted by atomic mass is 9.69. The van der Waals surface area contributed by atoms with Crippen LogP contribution in [0.5, 0.6) is 0 Å². The molecule has 0 aliphatic rings. The molecule has 0 aromatic heterocycles. The molecule has 0 nitrogen and oxygen atoms in total. The lowest BCUT2D eigenvalue weighted by Gasteiger charge is -2.34. The van der Waals surface area contributed by atoms with Crippen LogP contribution in [0.2, 0.25) is 0 Å². The van der Waals surface area contributed by atoms with E-state index in [1.54, 1.807) is 0 Å². The summed E-state index contributed by atoms with van der Waals surface area (Å²) >= 11 is 0. The van der Waals surface area contributed by atoms with Gasteiger partial charge in [-0.15, -0.1) is 0 Å². The maximum absolute atomic E-state index is 2.51. The van der Waals surface area contributed by atoms with Crippen molar-refractivity contribution in [1.29, 1.82) is 0 Å². The number of rotatable bonds is 6. The summed E-state index contributed by atoms with van der Waals surface area (Å²) in [6.45, 7) is 28.2. The van der Waals surface area contributed by atoms with E-state index in [1.807, 2.05) is 0 Å². The zero-order valence-electron chi connectivity index (χ0n) is 31.2. The van der Waals surface area contributed by atoms with Crippen molar-refractivity contribution in [3.05, 3.63) is 142 Å². The van der Waals surface area contributed by atoms with Gasteiger partial charge >= 0.3 is 0 Å². The van der Waals surface area contributed by atoms with Crippen LogP contribution in [0, 0.1) is 13.8 Å². The summed E-state index contributed by atoms with van der Waals surface area (Å²) in [6, 6.07) is 36.9. The first-order chi connectivity index (χ1) is 22.0. The summed E-state index contributed by atoms with van der Waals surface area (Å²) in [7, 11) is 0. The van der Waals surface area contributed by atoms with E-state index in [0.717, 1.165) is 12.8 Å². The van der Waals surface area contributed by atoms with Crippen molar-refractivity contribution < 1.29 is 0 Å². The minimum atomic E-state index is -0.0662. The van der Waals surface area contributed by atoms with E-state index in [2.05, 4.69) is 180 Å². The SMILES string of the molecule is CCc1c(-c2ccccc2)c(-c2cc(C)cc(C)c2)c(-c2cc(C(C)(C)C)cc(C(C)(C)C)c2)c(Cc2ccccc2)c1C(C)(C)C. The van der Waals surface area contributed by atoms with Gasteiger partial charge in [-0.25, -0.2) is 0 Å². The molecule has 47 heavy (non-hydrogen) atoms. The maximum atomic E-state index is 2.51. The van der Waals surface area contributed by atoms with Gasteiger partial charge in [-0.3, -0.25) is 0 Å². The zero-order valence-corrected chi connectivity index (χ0v) is 31.2. The Balaban J connectivity index is 2.13. The van der Waals surface area contributed by atoms with E-state index in [-0.39, 0.29) is 16.2 Å². The first-order valence-electron chi connectivity index (χ1n) is 17.6. The molecule has 5 rings (SSSR count). The first-order valence-corrected chi connectivity index (χ1v) is 17.6. The van der Waals surface area contributed by atoms with Crippen molar-refractivity contribution >= 4 is 0 Å². The van der Waals surface area contributed by atoms with Crippen molar-refractivity contribution in [3.63, 3.8) is 0 Å². The third kappa shape index (κ3) is 7.33. The molecule has 0 spiro atoms. The molecule has 0 unspecified atom stereocenters. The van der Waals surface area contributed by atoms with Gasteiger partial charge in [0.2, 0.25) is 0 Å². The van der Waals surface area contributed by atoms with Gasteiger partial charge in [0.15, 0.2) is 0 Å². The summed E-state index contributed by atoms with van der Waals surface area (Å²) in [5, 5.41) is 0. The smallest absolute Gasteiger partial charge is 0.00163 e. The first kappa shape index (κ1) is 34.4. The predicted molar refractivity (Wildman–Crippen MR) is 207 cm³/mol. The second kappa shape index (κ2) is 13.0. The minimum absolute atomic E-state index is 0.00810. The third-order valence-electron chi connectivity index (χ3n) is 9.56. The Bertz CT molecular complexity index is 1810. The molecule has 0 bridgehead atoms. The van der Waals surface area contributed by atoms with Crippen LogP contribution in [0.1, 0.15) is 114 Å². The molecule has 0 heterocycles. The van der Waals surface area contributed by atoms with Crippen molar-refractivity contribution in [2.24, 2.45) is 0 Å². The number of benzene rings is 5. The summed E-state index contributed by atoms with van der Waals surface area (Å²) in [6.07, 6.45) is 1.85. The quantitative estimate of drug-likeness (QED) is 0.177. The van der Waals surface area contributed by atoms with E-state index in [0.29, 0.717) is 0 Å². The average molecular weight is 621 g/mol. The number of hydrogen-bond acceptors (Lipinski definition) is 0. The zero-order chi connectivity index (χ0) is 34.3. The van der Waals surface area contributed by atoms with E-state index in [9.17, 15) is 0 Å². The van der Waals surface area contributed by atoms with E-state index < -0.39 is 0 Å². The van der Waals surface area contributed by atoms with E-state index in [4.69, 9.17) is 0 Å². The molecule has 0 aliphatic carbocycles. The third-order valence-corrected chi connectivity index (χ3v) is 9.56. The normalized spacial score (nSPS) is 12.4. The fraction of sp³-hybridized carbons (Fsp3) is 0.362. The molecule has 0 N–H and O–H groups in total. The van der Waals surface area contributed by atoms with Crippen molar-refractivity contribution in [1.82, 2.24) is 0 Å². The van der Waals surface area contributed by atoms with Crippen molar-refractivity contribution in [3.8, 4) is 33.4 Å². The topological polar surface area (TPSA) is 0 Å². The Morgan fingerprint density at radius 1 is 0.447 bits per heavy atom. The van der Waals surface area contributed by atoms with Crippen molar-refractivity contribution in [2.75, 3.05) is 0 Å². The van der Waals surface area contributed by atoms with Gasteiger partial charge in [-0.2, -0.15) is 0 Å². The number of hydrogen-bond donors (Lipinski definition) is 0. The Hall–Kier alpha value is -3.90. The Kier molecular flexibility index (Phi) is 9.49. The summed E-state index contributed by atoms with van der Waals surface area (Å²) in [5.74, 6) is 0. The fourth-order valence-electron chi connectivity index (χ4n) is 7.38. The van der Waals surface area contributed by atoms with Crippen molar-refractivity contribution in [2.45, 2.75) is 112 Å². The van der Waals surface area contributed by atoms with Crippen LogP contribution < -0.4 is 0 Å². The van der Waals surface area contributed by atoms with Gasteiger partial charge in [0, 0.05) is 0 Å². The molecule has 0 radical (unpaired) electrons. The monoisotopic (exact) mass is 620 g/mol. The average Bonchev–Trinajstić information content (AvgIpc) is 2.99. The standard InChI is InChI=1S/C47H56/c1-13-39-41(34-22-18-15-19-23-34)43(35-25-31(2)24-32(3)26-35)42(36-28-37(45(4,5)6)30-38(29-36)46(7,8)9)40(44(39)47(10,11)12)27-33-20-16-14-17-21-33/h14-26,28-30H,13,27H2,1-12H3. The lowest BCUT2D eigenvalue weighted by Crippen LogP contribution is -2.21. The van der Waals surface area contributed by atoms with Gasteiger partial charge in [0.05, 0.1) is 0 Å². The molecule has 5 aromatic rings. The Morgan fingerprint density at radius 2 is 0.915 bits per heavy atom. The molecule has 0 amide bonds. The number of aryl methyl sites for hydroxylation is 2. The highest BCUT2D eigenvalue weighted by molar-refractivity contribution is 5.99. The predicted octanol–water partition coefficient (Wildman–Crippen LogP) is 13.4. The van der Waals surface area contributed by atoms with Gasteiger partial charge in [-0.1, -0.05) is 177 Å². The van der Waals surface area contributed by atoms with Crippen LogP contribution in [-0.2, 0) is 29.1 Å². The molecule has 0 fully saturated rings. The molecule has 5 aromatic carbocycles. The van der Waals surface area contributed by atoms with Gasteiger partial charge in [0.25, 0.3) is 0 Å². The summed E-state index contributed by atoms with van der Waals surface area (Å²) < 4.78 is 0. The molecular weight excluding hydrogens is 565 g/mol. The second-order valence-electron chi connectivity index (χ2n) is 16.8. The highest BCUT2D eigenvalue weighted by Crippen LogP contribution is 2.51. The van der Waals surface area contributed by atoms with Crippen LogP contribution >= 0.6 is 0 Å². The molecule has 0 atom stereocenters.